The number of hydrogen-bond acceptors (Lipinski definition) is 3. The van der Waals surface area contributed by atoms with Crippen LogP contribution in [0.15, 0.2) is 84.9 Å². The molecule has 0 N–H and O–H groups in total. The zero-order chi connectivity index (χ0) is 19.7. The fourth-order valence-electron chi connectivity index (χ4n) is 4.97. The van der Waals surface area contributed by atoms with Crippen LogP contribution in [0.3, 0.4) is 0 Å². The van der Waals surface area contributed by atoms with Gasteiger partial charge in [-0.2, -0.15) is 0 Å². The van der Waals surface area contributed by atoms with E-state index >= 15 is 0 Å². The van der Waals surface area contributed by atoms with Crippen molar-refractivity contribution in [3.05, 3.63) is 107 Å². The molecule has 2 heterocycles. The molecule has 0 radical (unpaired) electrons. The SMILES string of the molecule is O=C1OC2(CCN(Cc3ccccc3)CC2)C(c2ccccc2)c2ccccc21. The summed E-state index contributed by atoms with van der Waals surface area (Å²) in [7, 11) is 0. The number of ether oxygens (including phenoxy) is 1. The number of fused-ring (bicyclic) bond motifs is 1. The Morgan fingerprint density at radius 2 is 1.45 bits per heavy atom. The van der Waals surface area contributed by atoms with Gasteiger partial charge in [-0.15, -0.1) is 0 Å². The van der Waals surface area contributed by atoms with Crippen molar-refractivity contribution in [2.24, 2.45) is 0 Å². The van der Waals surface area contributed by atoms with Crippen LogP contribution in [-0.4, -0.2) is 29.6 Å². The second kappa shape index (κ2) is 7.49. The van der Waals surface area contributed by atoms with Gasteiger partial charge in [-0.3, -0.25) is 4.90 Å². The fourth-order valence-corrected chi connectivity index (χ4v) is 4.97. The normalized spacial score (nSPS) is 20.8. The predicted octanol–water partition coefficient (Wildman–Crippen LogP) is 5.02. The van der Waals surface area contributed by atoms with Crippen LogP contribution in [0.1, 0.15) is 45.8 Å². The van der Waals surface area contributed by atoms with Crippen molar-refractivity contribution < 1.29 is 9.53 Å². The van der Waals surface area contributed by atoms with Crippen molar-refractivity contribution in [2.75, 3.05) is 13.1 Å². The lowest BCUT2D eigenvalue weighted by Crippen LogP contribution is -2.53. The molecule has 0 amide bonds. The lowest BCUT2D eigenvalue weighted by molar-refractivity contribution is -0.0675. The van der Waals surface area contributed by atoms with Crippen LogP contribution in [0.25, 0.3) is 0 Å². The smallest absolute Gasteiger partial charge is 0.339 e. The minimum atomic E-state index is -0.472. The van der Waals surface area contributed by atoms with E-state index in [1.54, 1.807) is 0 Å². The summed E-state index contributed by atoms with van der Waals surface area (Å²) in [4.78, 5) is 15.3. The second-order valence-electron chi connectivity index (χ2n) is 8.15. The molecule has 3 aromatic carbocycles. The van der Waals surface area contributed by atoms with E-state index < -0.39 is 5.60 Å². The van der Waals surface area contributed by atoms with Crippen LogP contribution in [-0.2, 0) is 11.3 Å². The summed E-state index contributed by atoms with van der Waals surface area (Å²) in [5, 5.41) is 0. The molecule has 0 bridgehead atoms. The molecule has 0 aliphatic carbocycles. The van der Waals surface area contributed by atoms with Gasteiger partial charge >= 0.3 is 5.97 Å². The summed E-state index contributed by atoms with van der Waals surface area (Å²) < 4.78 is 6.24. The summed E-state index contributed by atoms with van der Waals surface area (Å²) in [6, 6.07) is 29.1. The molecule has 2 aliphatic rings. The fraction of sp³-hybridized carbons (Fsp3) is 0.269. The quantitative estimate of drug-likeness (QED) is 0.595. The van der Waals surface area contributed by atoms with Gasteiger partial charge in [0.1, 0.15) is 5.60 Å². The maximum absolute atomic E-state index is 12.9. The van der Waals surface area contributed by atoms with E-state index in [1.165, 1.54) is 11.1 Å². The summed E-state index contributed by atoms with van der Waals surface area (Å²) in [5.74, 6) is -0.0965. The van der Waals surface area contributed by atoms with Crippen molar-refractivity contribution in [3.8, 4) is 0 Å². The van der Waals surface area contributed by atoms with Crippen molar-refractivity contribution in [3.63, 3.8) is 0 Å². The van der Waals surface area contributed by atoms with Gasteiger partial charge in [-0.1, -0.05) is 78.9 Å². The van der Waals surface area contributed by atoms with Gasteiger partial charge in [0.25, 0.3) is 0 Å². The van der Waals surface area contributed by atoms with Gasteiger partial charge < -0.3 is 4.74 Å². The number of hydrogen-bond donors (Lipinski definition) is 0. The summed E-state index contributed by atoms with van der Waals surface area (Å²) in [6.07, 6.45) is 1.69. The Hall–Kier alpha value is -2.91. The van der Waals surface area contributed by atoms with Crippen LogP contribution in [0.2, 0.25) is 0 Å². The van der Waals surface area contributed by atoms with Gasteiger partial charge in [-0.05, 0) is 22.8 Å². The van der Waals surface area contributed by atoms with E-state index in [2.05, 4.69) is 65.6 Å². The highest BCUT2D eigenvalue weighted by Gasteiger charge is 2.50. The van der Waals surface area contributed by atoms with Crippen molar-refractivity contribution in [2.45, 2.75) is 30.9 Å². The number of rotatable bonds is 3. The molecule has 2 aliphatic heterocycles. The second-order valence-corrected chi connectivity index (χ2v) is 8.15. The van der Waals surface area contributed by atoms with E-state index in [-0.39, 0.29) is 11.9 Å². The first kappa shape index (κ1) is 18.1. The molecule has 146 valence electrons. The highest BCUT2D eigenvalue weighted by Crippen LogP contribution is 2.48. The average molecular weight is 383 g/mol. The third-order valence-electron chi connectivity index (χ3n) is 6.40. The molecule has 3 heteroatoms. The predicted molar refractivity (Wildman–Crippen MR) is 114 cm³/mol. The van der Waals surface area contributed by atoms with E-state index in [1.807, 2.05) is 24.3 Å². The van der Waals surface area contributed by atoms with Gasteiger partial charge in [0.2, 0.25) is 0 Å². The third-order valence-corrected chi connectivity index (χ3v) is 6.40. The van der Waals surface area contributed by atoms with Gasteiger partial charge in [0.05, 0.1) is 5.56 Å². The standard InChI is InChI=1S/C26H25NO2/c28-25-23-14-8-7-13-22(23)24(21-11-5-2-6-12-21)26(29-25)15-17-27(18-16-26)19-20-9-3-1-4-10-20/h1-14,24H,15-19H2. The first-order valence-corrected chi connectivity index (χ1v) is 10.4. The maximum atomic E-state index is 12.9. The molecule has 1 fully saturated rings. The summed E-state index contributed by atoms with van der Waals surface area (Å²) >= 11 is 0. The average Bonchev–Trinajstić information content (AvgIpc) is 2.77. The molecule has 0 aromatic heterocycles. The molecule has 5 rings (SSSR count). The molecule has 1 saturated heterocycles. The number of esters is 1. The highest BCUT2D eigenvalue weighted by molar-refractivity contribution is 5.93. The summed E-state index contributed by atoms with van der Waals surface area (Å²) in [5.41, 5.74) is 3.89. The molecule has 1 atom stereocenters. The van der Waals surface area contributed by atoms with Crippen molar-refractivity contribution in [1.82, 2.24) is 4.90 Å². The number of piperidine rings is 1. The van der Waals surface area contributed by atoms with Crippen LogP contribution in [0, 0.1) is 0 Å². The number of carbonyl (C=O) groups is 1. The largest absolute Gasteiger partial charge is 0.454 e. The Bertz CT molecular complexity index is 991. The highest BCUT2D eigenvalue weighted by atomic mass is 16.6. The first-order chi connectivity index (χ1) is 14.3. The number of likely N-dealkylation sites (tertiary alicyclic amines) is 1. The Morgan fingerprint density at radius 1 is 0.828 bits per heavy atom. The molecule has 1 unspecified atom stereocenters. The topological polar surface area (TPSA) is 29.5 Å². The monoisotopic (exact) mass is 383 g/mol. The minimum absolute atomic E-state index is 0.0801. The van der Waals surface area contributed by atoms with Crippen molar-refractivity contribution in [1.29, 1.82) is 0 Å². The van der Waals surface area contributed by atoms with Crippen molar-refractivity contribution >= 4 is 5.97 Å². The lowest BCUT2D eigenvalue weighted by Gasteiger charge is -2.48. The molecule has 1 spiro atoms. The van der Waals surface area contributed by atoms with Gasteiger partial charge in [-0.25, -0.2) is 4.79 Å². The lowest BCUT2D eigenvalue weighted by atomic mass is 9.69. The minimum Gasteiger partial charge on any atom is -0.454 e. The molecule has 3 nitrogen and oxygen atoms in total. The molecule has 0 saturated carbocycles. The van der Waals surface area contributed by atoms with E-state index in [9.17, 15) is 4.79 Å². The van der Waals surface area contributed by atoms with Crippen LogP contribution in [0.4, 0.5) is 0 Å². The zero-order valence-corrected chi connectivity index (χ0v) is 16.5. The number of nitrogens with zero attached hydrogens (tertiary/aromatic N) is 1. The molecule has 29 heavy (non-hydrogen) atoms. The Morgan fingerprint density at radius 3 is 2.17 bits per heavy atom. The van der Waals surface area contributed by atoms with E-state index in [0.29, 0.717) is 5.56 Å². The zero-order valence-electron chi connectivity index (χ0n) is 16.5. The molecular formula is C26H25NO2. The summed E-state index contributed by atoms with van der Waals surface area (Å²) in [6.45, 7) is 2.79. The van der Waals surface area contributed by atoms with Crippen LogP contribution < -0.4 is 0 Å². The van der Waals surface area contributed by atoms with Gasteiger partial charge in [0.15, 0.2) is 0 Å². The molecule has 3 aromatic rings. The Balaban J connectivity index is 1.46. The van der Waals surface area contributed by atoms with Crippen LogP contribution >= 0.6 is 0 Å². The first-order valence-electron chi connectivity index (χ1n) is 10.4. The Kier molecular flexibility index (Phi) is 4.69. The number of carbonyl (C=O) groups excluding carboxylic acids is 1. The third kappa shape index (κ3) is 3.36. The number of benzene rings is 3. The van der Waals surface area contributed by atoms with E-state index in [0.717, 1.165) is 38.0 Å². The van der Waals surface area contributed by atoms with Crippen LogP contribution in [0.5, 0.6) is 0 Å². The van der Waals surface area contributed by atoms with E-state index in [4.69, 9.17) is 4.74 Å². The maximum Gasteiger partial charge on any atom is 0.339 e. The molecular weight excluding hydrogens is 358 g/mol. The Labute approximate surface area is 171 Å². The van der Waals surface area contributed by atoms with Gasteiger partial charge in [0, 0.05) is 38.4 Å².